The van der Waals surface area contributed by atoms with Gasteiger partial charge in [0, 0.05) is 19.1 Å². The Bertz CT molecular complexity index is 645. The van der Waals surface area contributed by atoms with Gasteiger partial charge in [0.2, 0.25) is 5.91 Å². The topological polar surface area (TPSA) is 50.4 Å². The highest BCUT2D eigenvalue weighted by molar-refractivity contribution is 5.83. The Morgan fingerprint density at radius 1 is 1.23 bits per heavy atom. The fourth-order valence-corrected chi connectivity index (χ4v) is 3.80. The molecule has 2 fully saturated rings. The molecule has 0 unspecified atom stereocenters. The fourth-order valence-electron chi connectivity index (χ4n) is 3.80. The third-order valence-electron chi connectivity index (χ3n) is 5.71. The van der Waals surface area contributed by atoms with Crippen molar-refractivity contribution in [2.75, 3.05) is 33.4 Å². The van der Waals surface area contributed by atoms with Crippen LogP contribution in [-0.4, -0.2) is 39.3 Å². The van der Waals surface area contributed by atoms with Crippen molar-refractivity contribution in [2.45, 2.75) is 37.3 Å². The van der Waals surface area contributed by atoms with Crippen LogP contribution in [0.5, 0.6) is 0 Å². The summed E-state index contributed by atoms with van der Waals surface area (Å²) >= 11 is 0. The molecule has 26 heavy (non-hydrogen) atoms. The number of methoxy groups -OCH3 is 1. The molecule has 144 valence electrons. The summed E-state index contributed by atoms with van der Waals surface area (Å²) in [6.07, 6.45) is -1.39. The van der Waals surface area contributed by atoms with E-state index in [0.29, 0.717) is 31.6 Å². The lowest BCUT2D eigenvalue weighted by Gasteiger charge is -2.36. The van der Waals surface area contributed by atoms with Crippen LogP contribution in [0.3, 0.4) is 0 Å². The minimum absolute atomic E-state index is 0.0564. The van der Waals surface area contributed by atoms with E-state index in [9.17, 15) is 18.0 Å². The molecule has 0 aromatic heterocycles. The van der Waals surface area contributed by atoms with Crippen molar-refractivity contribution >= 4 is 5.91 Å². The van der Waals surface area contributed by atoms with Gasteiger partial charge in [0.1, 0.15) is 0 Å². The molecule has 7 heteroatoms. The van der Waals surface area contributed by atoms with E-state index in [4.69, 9.17) is 4.74 Å². The van der Waals surface area contributed by atoms with E-state index >= 15 is 0 Å². The second-order valence-corrected chi connectivity index (χ2v) is 7.50. The summed E-state index contributed by atoms with van der Waals surface area (Å²) in [4.78, 5) is 12.8. The molecule has 0 spiro atoms. The van der Waals surface area contributed by atoms with Gasteiger partial charge < -0.3 is 15.4 Å². The van der Waals surface area contributed by atoms with Crippen LogP contribution in [0.1, 0.15) is 36.8 Å². The highest BCUT2D eigenvalue weighted by Gasteiger charge is 2.47. The number of hydrogen-bond donors (Lipinski definition) is 2. The highest BCUT2D eigenvalue weighted by atomic mass is 19.4. The van der Waals surface area contributed by atoms with Crippen LogP contribution in [0.15, 0.2) is 24.3 Å². The van der Waals surface area contributed by atoms with Crippen molar-refractivity contribution in [3.05, 3.63) is 35.4 Å². The third kappa shape index (κ3) is 3.88. The first kappa shape index (κ1) is 19.2. The molecule has 1 aromatic carbocycles. The number of alkyl halides is 3. The molecule has 0 radical (unpaired) electrons. The lowest BCUT2D eigenvalue weighted by molar-refractivity contribution is -0.138. The van der Waals surface area contributed by atoms with Crippen LogP contribution in [0, 0.1) is 5.41 Å². The fraction of sp³-hybridized carbons (Fsp3) is 0.632. The molecule has 1 heterocycles. The minimum atomic E-state index is -4.35. The lowest BCUT2D eigenvalue weighted by atomic mass is 9.78. The van der Waals surface area contributed by atoms with Crippen LogP contribution in [-0.2, 0) is 21.1 Å². The van der Waals surface area contributed by atoms with Gasteiger partial charge in [-0.2, -0.15) is 13.2 Å². The molecule has 3 rings (SSSR count). The number of benzene rings is 1. The predicted octanol–water partition coefficient (Wildman–Crippen LogP) is 2.87. The summed E-state index contributed by atoms with van der Waals surface area (Å²) in [6, 6.07) is 5.47. The summed E-state index contributed by atoms with van der Waals surface area (Å²) < 4.78 is 44.2. The molecule has 0 atom stereocenters. The summed E-state index contributed by atoms with van der Waals surface area (Å²) in [5, 5.41) is 6.25. The molecule has 0 bridgehead atoms. The van der Waals surface area contributed by atoms with Crippen molar-refractivity contribution in [1.82, 2.24) is 10.6 Å². The van der Waals surface area contributed by atoms with E-state index in [0.717, 1.165) is 32.0 Å². The SMILES string of the molecule is COCC1(C(=O)NCC2(c3cccc(C(F)(F)F)c3)CC2)CCNCC1. The van der Waals surface area contributed by atoms with Gasteiger partial charge in [0.05, 0.1) is 17.6 Å². The van der Waals surface area contributed by atoms with Gasteiger partial charge in [-0.15, -0.1) is 0 Å². The van der Waals surface area contributed by atoms with E-state index in [-0.39, 0.29) is 11.3 Å². The molecule has 2 aliphatic rings. The van der Waals surface area contributed by atoms with E-state index < -0.39 is 17.2 Å². The molecule has 4 nitrogen and oxygen atoms in total. The first-order chi connectivity index (χ1) is 12.3. The normalized spacial score (nSPS) is 21.2. The molecule has 2 N–H and O–H groups in total. The minimum Gasteiger partial charge on any atom is -0.384 e. The Morgan fingerprint density at radius 3 is 2.50 bits per heavy atom. The van der Waals surface area contributed by atoms with Gasteiger partial charge in [-0.05, 0) is 50.4 Å². The molecule has 1 amide bonds. The van der Waals surface area contributed by atoms with Gasteiger partial charge in [-0.1, -0.05) is 18.2 Å². The number of piperidine rings is 1. The quantitative estimate of drug-likeness (QED) is 0.810. The van der Waals surface area contributed by atoms with E-state index in [1.54, 1.807) is 13.2 Å². The van der Waals surface area contributed by atoms with Crippen LogP contribution < -0.4 is 10.6 Å². The van der Waals surface area contributed by atoms with Gasteiger partial charge in [0.15, 0.2) is 0 Å². The molecule has 1 aromatic rings. The third-order valence-corrected chi connectivity index (χ3v) is 5.71. The second kappa shape index (κ2) is 7.19. The zero-order valence-electron chi connectivity index (χ0n) is 14.9. The standard InChI is InChI=1S/C19H25F3N2O2/c1-26-13-18(7-9-23-10-8-18)16(25)24-12-17(5-6-17)14-3-2-4-15(11-14)19(20,21)22/h2-4,11,23H,5-10,12-13H2,1H3,(H,24,25). The molecule has 1 saturated carbocycles. The van der Waals surface area contributed by atoms with Crippen molar-refractivity contribution in [2.24, 2.45) is 5.41 Å². The number of carbonyl (C=O) groups is 1. The first-order valence-corrected chi connectivity index (χ1v) is 8.97. The Morgan fingerprint density at radius 2 is 1.92 bits per heavy atom. The number of amides is 1. The molecule has 1 saturated heterocycles. The zero-order chi connectivity index (χ0) is 18.8. The van der Waals surface area contributed by atoms with Crippen LogP contribution in [0.25, 0.3) is 0 Å². The highest BCUT2D eigenvalue weighted by Crippen LogP contribution is 2.48. The number of rotatable bonds is 6. The maximum atomic E-state index is 13.0. The van der Waals surface area contributed by atoms with Gasteiger partial charge in [-0.25, -0.2) is 0 Å². The van der Waals surface area contributed by atoms with Crippen molar-refractivity contribution < 1.29 is 22.7 Å². The van der Waals surface area contributed by atoms with E-state index in [1.807, 2.05) is 0 Å². The number of hydrogen-bond acceptors (Lipinski definition) is 3. The van der Waals surface area contributed by atoms with Crippen LogP contribution in [0.2, 0.25) is 0 Å². The Balaban J connectivity index is 1.70. The number of nitrogens with one attached hydrogen (secondary N) is 2. The number of carbonyl (C=O) groups excluding carboxylic acids is 1. The maximum Gasteiger partial charge on any atom is 0.416 e. The first-order valence-electron chi connectivity index (χ1n) is 8.97. The molecule has 1 aliphatic carbocycles. The largest absolute Gasteiger partial charge is 0.416 e. The second-order valence-electron chi connectivity index (χ2n) is 7.50. The Labute approximate surface area is 151 Å². The predicted molar refractivity (Wildman–Crippen MR) is 91.8 cm³/mol. The van der Waals surface area contributed by atoms with Crippen LogP contribution >= 0.6 is 0 Å². The average Bonchev–Trinajstić information content (AvgIpc) is 3.41. The summed E-state index contributed by atoms with van der Waals surface area (Å²) in [5.41, 5.74) is -0.914. The van der Waals surface area contributed by atoms with Crippen molar-refractivity contribution in [3.63, 3.8) is 0 Å². The summed E-state index contributed by atoms with van der Waals surface area (Å²) in [6.45, 7) is 2.24. The van der Waals surface area contributed by atoms with Crippen molar-refractivity contribution in [1.29, 1.82) is 0 Å². The number of halogens is 3. The molecular formula is C19H25F3N2O2. The monoisotopic (exact) mass is 370 g/mol. The van der Waals surface area contributed by atoms with Crippen molar-refractivity contribution in [3.8, 4) is 0 Å². The average molecular weight is 370 g/mol. The van der Waals surface area contributed by atoms with E-state index in [1.165, 1.54) is 12.1 Å². The van der Waals surface area contributed by atoms with Gasteiger partial charge in [0.25, 0.3) is 0 Å². The summed E-state index contributed by atoms with van der Waals surface area (Å²) in [7, 11) is 1.59. The maximum absolute atomic E-state index is 13.0. The zero-order valence-corrected chi connectivity index (χ0v) is 14.9. The van der Waals surface area contributed by atoms with E-state index in [2.05, 4.69) is 10.6 Å². The number of ether oxygens (including phenoxy) is 1. The summed E-state index contributed by atoms with van der Waals surface area (Å²) in [5.74, 6) is -0.0564. The molecular weight excluding hydrogens is 345 g/mol. The lowest BCUT2D eigenvalue weighted by Crippen LogP contribution is -2.51. The smallest absolute Gasteiger partial charge is 0.384 e. The van der Waals surface area contributed by atoms with Crippen LogP contribution in [0.4, 0.5) is 13.2 Å². The Hall–Kier alpha value is -1.60. The Kier molecular flexibility index (Phi) is 5.30. The molecule has 1 aliphatic heterocycles. The van der Waals surface area contributed by atoms with Gasteiger partial charge in [-0.3, -0.25) is 4.79 Å². The van der Waals surface area contributed by atoms with Gasteiger partial charge >= 0.3 is 6.18 Å².